The van der Waals surface area contributed by atoms with Crippen molar-refractivity contribution in [3.05, 3.63) is 33.8 Å². The van der Waals surface area contributed by atoms with Gasteiger partial charge in [-0.1, -0.05) is 35.7 Å². The fourth-order valence-corrected chi connectivity index (χ4v) is 2.97. The van der Waals surface area contributed by atoms with E-state index < -0.39 is 0 Å². The van der Waals surface area contributed by atoms with E-state index in [2.05, 4.69) is 5.32 Å². The standard InChI is InChI=1S/C15H20Cl2N2O.ClH/c1-9(10-5-6-13(16)14(17)8-10)19-15(20)11-3-2-4-12(18)7-11;/h5-6,8-9,11-12H,2-4,7,18H2,1H3,(H,19,20);1H. The second kappa shape index (κ2) is 8.23. The molecule has 1 aliphatic rings. The van der Waals surface area contributed by atoms with Crippen LogP contribution in [0.2, 0.25) is 10.0 Å². The minimum absolute atomic E-state index is 0. The highest BCUT2D eigenvalue weighted by Gasteiger charge is 2.26. The minimum Gasteiger partial charge on any atom is -0.349 e. The van der Waals surface area contributed by atoms with Gasteiger partial charge in [-0.05, 0) is 43.9 Å². The Bertz CT molecular complexity index is 496. The van der Waals surface area contributed by atoms with Crippen LogP contribution in [-0.2, 0) is 4.79 Å². The van der Waals surface area contributed by atoms with E-state index in [-0.39, 0.29) is 36.3 Å². The Morgan fingerprint density at radius 2 is 2.05 bits per heavy atom. The number of halogens is 3. The van der Waals surface area contributed by atoms with E-state index in [1.54, 1.807) is 12.1 Å². The Hall–Kier alpha value is -0.480. The molecule has 1 saturated carbocycles. The molecule has 1 amide bonds. The first-order valence-electron chi connectivity index (χ1n) is 6.98. The Labute approximate surface area is 142 Å². The Morgan fingerprint density at radius 3 is 2.67 bits per heavy atom. The fraction of sp³-hybridized carbons (Fsp3) is 0.533. The number of carbonyl (C=O) groups is 1. The maximum Gasteiger partial charge on any atom is 0.223 e. The van der Waals surface area contributed by atoms with E-state index in [9.17, 15) is 4.79 Å². The van der Waals surface area contributed by atoms with Gasteiger partial charge in [-0.3, -0.25) is 4.79 Å². The molecule has 6 heteroatoms. The van der Waals surface area contributed by atoms with Crippen LogP contribution in [0.3, 0.4) is 0 Å². The molecule has 3 atom stereocenters. The summed E-state index contributed by atoms with van der Waals surface area (Å²) in [6.07, 6.45) is 3.75. The molecule has 0 radical (unpaired) electrons. The van der Waals surface area contributed by atoms with E-state index in [0.717, 1.165) is 31.2 Å². The van der Waals surface area contributed by atoms with Crippen molar-refractivity contribution in [2.45, 2.75) is 44.7 Å². The first-order chi connectivity index (χ1) is 9.47. The third-order valence-electron chi connectivity index (χ3n) is 3.89. The number of carbonyl (C=O) groups excluding carboxylic acids is 1. The molecule has 0 bridgehead atoms. The second-order valence-corrected chi connectivity index (χ2v) is 6.34. The number of nitrogens with one attached hydrogen (secondary N) is 1. The van der Waals surface area contributed by atoms with Gasteiger partial charge in [0.1, 0.15) is 0 Å². The van der Waals surface area contributed by atoms with Crippen LogP contribution in [-0.4, -0.2) is 11.9 Å². The number of nitrogens with two attached hydrogens (primary N) is 1. The maximum absolute atomic E-state index is 12.3. The number of hydrogen-bond acceptors (Lipinski definition) is 2. The van der Waals surface area contributed by atoms with Crippen LogP contribution in [0.15, 0.2) is 18.2 Å². The number of rotatable bonds is 3. The number of benzene rings is 1. The van der Waals surface area contributed by atoms with E-state index in [1.165, 1.54) is 0 Å². The molecular weight excluding hydrogens is 331 g/mol. The van der Waals surface area contributed by atoms with Gasteiger partial charge in [-0.2, -0.15) is 0 Å². The highest BCUT2D eigenvalue weighted by Crippen LogP contribution is 2.27. The summed E-state index contributed by atoms with van der Waals surface area (Å²) < 4.78 is 0. The average Bonchev–Trinajstić information content (AvgIpc) is 2.41. The van der Waals surface area contributed by atoms with Crippen LogP contribution >= 0.6 is 35.6 Å². The molecule has 0 aromatic heterocycles. The van der Waals surface area contributed by atoms with Crippen molar-refractivity contribution in [1.82, 2.24) is 5.32 Å². The lowest BCUT2D eigenvalue weighted by Gasteiger charge is -2.27. The second-order valence-electron chi connectivity index (χ2n) is 5.53. The topological polar surface area (TPSA) is 55.1 Å². The highest BCUT2D eigenvalue weighted by molar-refractivity contribution is 6.42. The van der Waals surface area contributed by atoms with E-state index >= 15 is 0 Å². The monoisotopic (exact) mass is 350 g/mol. The number of hydrogen-bond donors (Lipinski definition) is 2. The average molecular weight is 352 g/mol. The minimum atomic E-state index is -0.0876. The summed E-state index contributed by atoms with van der Waals surface area (Å²) in [5.74, 6) is 0.114. The van der Waals surface area contributed by atoms with Gasteiger partial charge in [0.2, 0.25) is 5.91 Å². The van der Waals surface area contributed by atoms with Crippen molar-refractivity contribution in [1.29, 1.82) is 0 Å². The van der Waals surface area contributed by atoms with E-state index in [4.69, 9.17) is 28.9 Å². The summed E-state index contributed by atoms with van der Waals surface area (Å²) in [5, 5.41) is 4.06. The van der Waals surface area contributed by atoms with Crippen molar-refractivity contribution in [3.63, 3.8) is 0 Å². The van der Waals surface area contributed by atoms with Crippen LogP contribution in [0.1, 0.15) is 44.2 Å². The molecule has 1 fully saturated rings. The molecular formula is C15H21Cl3N2O. The van der Waals surface area contributed by atoms with Gasteiger partial charge in [0.25, 0.3) is 0 Å². The molecule has 1 aromatic carbocycles. The van der Waals surface area contributed by atoms with Crippen LogP contribution in [0.5, 0.6) is 0 Å². The summed E-state index contributed by atoms with van der Waals surface area (Å²) in [4.78, 5) is 12.3. The summed E-state index contributed by atoms with van der Waals surface area (Å²) >= 11 is 11.9. The van der Waals surface area contributed by atoms with E-state index in [1.807, 2.05) is 13.0 Å². The quantitative estimate of drug-likeness (QED) is 0.861. The smallest absolute Gasteiger partial charge is 0.223 e. The Morgan fingerprint density at radius 1 is 1.33 bits per heavy atom. The van der Waals surface area contributed by atoms with Crippen molar-refractivity contribution in [3.8, 4) is 0 Å². The zero-order valence-electron chi connectivity index (χ0n) is 11.9. The van der Waals surface area contributed by atoms with Gasteiger partial charge >= 0.3 is 0 Å². The van der Waals surface area contributed by atoms with Crippen molar-refractivity contribution < 1.29 is 4.79 Å². The zero-order chi connectivity index (χ0) is 14.7. The predicted octanol–water partition coefficient (Wildman–Crippen LogP) is 4.11. The van der Waals surface area contributed by atoms with Gasteiger partial charge in [0.05, 0.1) is 16.1 Å². The van der Waals surface area contributed by atoms with Crippen LogP contribution in [0, 0.1) is 5.92 Å². The lowest BCUT2D eigenvalue weighted by atomic mass is 9.85. The van der Waals surface area contributed by atoms with Gasteiger partial charge < -0.3 is 11.1 Å². The van der Waals surface area contributed by atoms with Crippen LogP contribution in [0.4, 0.5) is 0 Å². The molecule has 3 N–H and O–H groups in total. The molecule has 3 unspecified atom stereocenters. The van der Waals surface area contributed by atoms with Gasteiger partial charge in [0, 0.05) is 12.0 Å². The molecule has 1 aliphatic carbocycles. The summed E-state index contributed by atoms with van der Waals surface area (Å²) in [7, 11) is 0. The van der Waals surface area contributed by atoms with Gasteiger partial charge in [0.15, 0.2) is 0 Å². The summed E-state index contributed by atoms with van der Waals surface area (Å²) in [6, 6.07) is 5.49. The van der Waals surface area contributed by atoms with Crippen LogP contribution < -0.4 is 11.1 Å². The molecule has 3 nitrogen and oxygen atoms in total. The third kappa shape index (κ3) is 5.03. The summed E-state index contributed by atoms with van der Waals surface area (Å²) in [6.45, 7) is 1.94. The molecule has 0 spiro atoms. The van der Waals surface area contributed by atoms with Crippen molar-refractivity contribution in [2.75, 3.05) is 0 Å². The fourth-order valence-electron chi connectivity index (χ4n) is 2.66. The Kier molecular flexibility index (Phi) is 7.28. The Balaban J connectivity index is 0.00000220. The van der Waals surface area contributed by atoms with Crippen molar-refractivity contribution in [2.24, 2.45) is 11.7 Å². The highest BCUT2D eigenvalue weighted by atomic mass is 35.5. The molecule has 0 heterocycles. The largest absolute Gasteiger partial charge is 0.349 e. The normalized spacial score (nSPS) is 23.0. The molecule has 21 heavy (non-hydrogen) atoms. The lowest BCUT2D eigenvalue weighted by molar-refractivity contribution is -0.126. The van der Waals surface area contributed by atoms with Gasteiger partial charge in [-0.25, -0.2) is 0 Å². The SMILES string of the molecule is CC(NC(=O)C1CCCC(N)C1)c1ccc(Cl)c(Cl)c1.Cl. The first kappa shape index (κ1) is 18.6. The predicted molar refractivity (Wildman–Crippen MR) is 90.2 cm³/mol. The summed E-state index contributed by atoms with van der Waals surface area (Å²) in [5.41, 5.74) is 6.88. The molecule has 2 rings (SSSR count). The zero-order valence-corrected chi connectivity index (χ0v) is 14.3. The van der Waals surface area contributed by atoms with Crippen molar-refractivity contribution >= 4 is 41.5 Å². The van der Waals surface area contributed by atoms with Crippen LogP contribution in [0.25, 0.3) is 0 Å². The molecule has 118 valence electrons. The maximum atomic E-state index is 12.3. The molecule has 0 aliphatic heterocycles. The third-order valence-corrected chi connectivity index (χ3v) is 4.63. The molecule has 0 saturated heterocycles. The molecule has 1 aromatic rings. The van der Waals surface area contributed by atoms with Gasteiger partial charge in [-0.15, -0.1) is 12.4 Å². The number of amides is 1. The lowest BCUT2D eigenvalue weighted by Crippen LogP contribution is -2.38. The first-order valence-corrected chi connectivity index (χ1v) is 7.74. The van der Waals surface area contributed by atoms with E-state index in [0.29, 0.717) is 10.0 Å².